The van der Waals surface area contributed by atoms with E-state index in [4.69, 9.17) is 0 Å². The quantitative estimate of drug-likeness (QED) is 0.715. The first-order chi connectivity index (χ1) is 12.6. The van der Waals surface area contributed by atoms with Crippen molar-refractivity contribution in [2.45, 2.75) is 26.4 Å². The molecule has 1 aliphatic heterocycles. The van der Waals surface area contributed by atoms with Gasteiger partial charge in [-0.15, -0.1) is 0 Å². The summed E-state index contributed by atoms with van der Waals surface area (Å²) < 4.78 is 2.24. The van der Waals surface area contributed by atoms with Gasteiger partial charge in [0.25, 0.3) is 0 Å². The smallest absolute Gasteiger partial charge is 0.322 e. The first-order valence-electron chi connectivity index (χ1n) is 8.98. The first kappa shape index (κ1) is 16.5. The Bertz CT molecular complexity index is 927. The molecular formula is C22H23N3O. The maximum atomic E-state index is 13.1. The lowest BCUT2D eigenvalue weighted by molar-refractivity contribution is 0.182. The average Bonchev–Trinajstić information content (AvgIpc) is 3.11. The zero-order valence-electron chi connectivity index (χ0n) is 15.1. The Kier molecular flexibility index (Phi) is 4.25. The fourth-order valence-electron chi connectivity index (χ4n) is 3.63. The van der Waals surface area contributed by atoms with E-state index in [0.29, 0.717) is 6.54 Å². The summed E-state index contributed by atoms with van der Waals surface area (Å²) in [6.07, 6.45) is 2.09. The minimum Gasteiger partial charge on any atom is -0.348 e. The van der Waals surface area contributed by atoms with Gasteiger partial charge in [-0.05, 0) is 43.7 Å². The maximum absolute atomic E-state index is 13.1. The number of hydrogen-bond acceptors (Lipinski definition) is 1. The van der Waals surface area contributed by atoms with Crippen LogP contribution in [0.15, 0.2) is 66.9 Å². The standard InChI is InChI=1S/C22H23N3O/c1-16-8-10-19(11-9-16)23-22(26)25-14-13-24-12-4-7-20(24)21(25)18-6-3-5-17(2)15-18/h3-12,15,21H,13-14H2,1-2H3,(H,23,26). The number of amides is 2. The molecule has 1 N–H and O–H groups in total. The molecule has 1 atom stereocenters. The third-order valence-corrected chi connectivity index (χ3v) is 4.96. The third-order valence-electron chi connectivity index (χ3n) is 4.96. The van der Waals surface area contributed by atoms with Crippen LogP contribution in [0.3, 0.4) is 0 Å². The van der Waals surface area contributed by atoms with Crippen molar-refractivity contribution in [2.75, 3.05) is 11.9 Å². The van der Waals surface area contributed by atoms with Crippen LogP contribution in [-0.4, -0.2) is 22.0 Å². The van der Waals surface area contributed by atoms with Crippen molar-refractivity contribution in [1.82, 2.24) is 9.47 Å². The van der Waals surface area contributed by atoms with E-state index in [-0.39, 0.29) is 12.1 Å². The number of fused-ring (bicyclic) bond motifs is 1. The Balaban J connectivity index is 1.67. The Labute approximate surface area is 154 Å². The largest absolute Gasteiger partial charge is 0.348 e. The Hall–Kier alpha value is -3.01. The number of nitrogens with one attached hydrogen (secondary N) is 1. The number of rotatable bonds is 2. The molecule has 26 heavy (non-hydrogen) atoms. The molecule has 2 heterocycles. The van der Waals surface area contributed by atoms with Crippen molar-refractivity contribution < 1.29 is 4.79 Å². The minimum atomic E-state index is -0.0795. The van der Waals surface area contributed by atoms with E-state index in [0.717, 1.165) is 23.5 Å². The molecule has 4 nitrogen and oxygen atoms in total. The normalized spacial score (nSPS) is 16.2. The summed E-state index contributed by atoms with van der Waals surface area (Å²) in [4.78, 5) is 15.0. The molecule has 4 rings (SSSR count). The first-order valence-corrected chi connectivity index (χ1v) is 8.98. The second-order valence-electron chi connectivity index (χ2n) is 6.93. The Morgan fingerprint density at radius 3 is 2.54 bits per heavy atom. The predicted octanol–water partition coefficient (Wildman–Crippen LogP) is 4.74. The van der Waals surface area contributed by atoms with Gasteiger partial charge >= 0.3 is 6.03 Å². The summed E-state index contributed by atoms with van der Waals surface area (Å²) in [5.74, 6) is 0. The highest BCUT2D eigenvalue weighted by molar-refractivity contribution is 5.90. The number of carbonyl (C=O) groups is 1. The highest BCUT2D eigenvalue weighted by atomic mass is 16.2. The van der Waals surface area contributed by atoms with E-state index in [1.807, 2.05) is 36.1 Å². The number of carbonyl (C=O) groups excluding carboxylic acids is 1. The third kappa shape index (κ3) is 3.10. The van der Waals surface area contributed by atoms with Crippen LogP contribution in [0.4, 0.5) is 10.5 Å². The number of benzene rings is 2. The predicted molar refractivity (Wildman–Crippen MR) is 104 cm³/mol. The van der Waals surface area contributed by atoms with Crippen LogP contribution in [0, 0.1) is 13.8 Å². The lowest BCUT2D eigenvalue weighted by Crippen LogP contribution is -2.44. The Morgan fingerprint density at radius 2 is 1.77 bits per heavy atom. The fraction of sp³-hybridized carbons (Fsp3) is 0.227. The molecule has 4 heteroatoms. The number of aromatic nitrogens is 1. The van der Waals surface area contributed by atoms with E-state index in [2.05, 4.69) is 59.4 Å². The molecule has 1 aromatic heterocycles. The molecule has 132 valence electrons. The van der Waals surface area contributed by atoms with Crippen molar-refractivity contribution >= 4 is 11.7 Å². The van der Waals surface area contributed by atoms with E-state index in [9.17, 15) is 4.79 Å². The molecule has 0 bridgehead atoms. The van der Waals surface area contributed by atoms with Gasteiger partial charge in [-0.2, -0.15) is 0 Å². The zero-order chi connectivity index (χ0) is 18.1. The lowest BCUT2D eigenvalue weighted by Gasteiger charge is -2.37. The molecular weight excluding hydrogens is 322 g/mol. The van der Waals surface area contributed by atoms with E-state index >= 15 is 0 Å². The molecule has 0 radical (unpaired) electrons. The highest BCUT2D eigenvalue weighted by Crippen LogP contribution is 2.33. The van der Waals surface area contributed by atoms with Crippen LogP contribution >= 0.6 is 0 Å². The Morgan fingerprint density at radius 1 is 0.962 bits per heavy atom. The van der Waals surface area contributed by atoms with Crippen LogP contribution < -0.4 is 5.32 Å². The lowest BCUT2D eigenvalue weighted by atomic mass is 9.98. The summed E-state index contributed by atoms with van der Waals surface area (Å²) >= 11 is 0. The zero-order valence-corrected chi connectivity index (χ0v) is 15.1. The summed E-state index contributed by atoms with van der Waals surface area (Å²) in [7, 11) is 0. The minimum absolute atomic E-state index is 0.0622. The number of aryl methyl sites for hydroxylation is 2. The molecule has 3 aromatic rings. The molecule has 0 saturated carbocycles. The average molecular weight is 345 g/mol. The van der Waals surface area contributed by atoms with Gasteiger partial charge in [0, 0.05) is 30.7 Å². The number of nitrogens with zero attached hydrogens (tertiary/aromatic N) is 2. The summed E-state index contributed by atoms with van der Waals surface area (Å²) in [6.45, 7) is 5.62. The van der Waals surface area contributed by atoms with Crippen molar-refractivity contribution in [1.29, 1.82) is 0 Å². The van der Waals surface area contributed by atoms with Gasteiger partial charge in [0.05, 0.1) is 6.04 Å². The molecule has 0 fully saturated rings. The van der Waals surface area contributed by atoms with Gasteiger partial charge in [0.15, 0.2) is 0 Å². The van der Waals surface area contributed by atoms with E-state index < -0.39 is 0 Å². The van der Waals surface area contributed by atoms with Crippen LogP contribution in [0.25, 0.3) is 0 Å². The fourth-order valence-corrected chi connectivity index (χ4v) is 3.63. The second kappa shape index (κ2) is 6.71. The van der Waals surface area contributed by atoms with E-state index in [1.54, 1.807) is 0 Å². The summed E-state index contributed by atoms with van der Waals surface area (Å²) in [6, 6.07) is 20.3. The summed E-state index contributed by atoms with van der Waals surface area (Å²) in [5, 5.41) is 3.05. The van der Waals surface area contributed by atoms with Crippen LogP contribution in [0.1, 0.15) is 28.4 Å². The van der Waals surface area contributed by atoms with Gasteiger partial charge < -0.3 is 14.8 Å². The molecule has 0 aliphatic carbocycles. The van der Waals surface area contributed by atoms with Gasteiger partial charge in [-0.25, -0.2) is 4.79 Å². The van der Waals surface area contributed by atoms with Crippen LogP contribution in [0.5, 0.6) is 0 Å². The monoisotopic (exact) mass is 345 g/mol. The molecule has 0 saturated heterocycles. The van der Waals surface area contributed by atoms with Crippen LogP contribution in [-0.2, 0) is 6.54 Å². The van der Waals surface area contributed by atoms with Gasteiger partial charge in [-0.1, -0.05) is 47.5 Å². The maximum Gasteiger partial charge on any atom is 0.322 e. The molecule has 0 spiro atoms. The molecule has 2 amide bonds. The number of hydrogen-bond donors (Lipinski definition) is 1. The van der Waals surface area contributed by atoms with Crippen molar-refractivity contribution in [2.24, 2.45) is 0 Å². The van der Waals surface area contributed by atoms with E-state index in [1.165, 1.54) is 11.1 Å². The van der Waals surface area contributed by atoms with Crippen molar-refractivity contribution in [3.05, 3.63) is 89.2 Å². The second-order valence-corrected chi connectivity index (χ2v) is 6.93. The van der Waals surface area contributed by atoms with Crippen LogP contribution in [0.2, 0.25) is 0 Å². The van der Waals surface area contributed by atoms with Crippen molar-refractivity contribution in [3.63, 3.8) is 0 Å². The number of urea groups is 1. The molecule has 1 unspecified atom stereocenters. The molecule has 1 aliphatic rings. The highest BCUT2D eigenvalue weighted by Gasteiger charge is 2.32. The summed E-state index contributed by atoms with van der Waals surface area (Å²) in [5.41, 5.74) is 5.50. The van der Waals surface area contributed by atoms with Gasteiger partial charge in [-0.3, -0.25) is 0 Å². The van der Waals surface area contributed by atoms with Crippen molar-refractivity contribution in [3.8, 4) is 0 Å². The van der Waals surface area contributed by atoms with Gasteiger partial charge in [0.2, 0.25) is 0 Å². The molecule has 2 aromatic carbocycles. The SMILES string of the molecule is Cc1ccc(NC(=O)N2CCn3cccc3C2c2cccc(C)c2)cc1. The van der Waals surface area contributed by atoms with Gasteiger partial charge in [0.1, 0.15) is 0 Å². The topological polar surface area (TPSA) is 37.3 Å². The number of anilines is 1.